The Labute approximate surface area is 101 Å². The summed E-state index contributed by atoms with van der Waals surface area (Å²) < 4.78 is 0. The minimum Gasteiger partial charge on any atom is -0.308 e. The van der Waals surface area contributed by atoms with E-state index in [1.54, 1.807) is 23.7 Å². The lowest BCUT2D eigenvalue weighted by Gasteiger charge is -2.04. The summed E-state index contributed by atoms with van der Waals surface area (Å²) >= 11 is 1.56. The first kappa shape index (κ1) is 10.1. The van der Waals surface area contributed by atoms with Crippen LogP contribution in [0.5, 0.6) is 0 Å². The number of thiophene rings is 1. The second-order valence-electron chi connectivity index (χ2n) is 3.42. The molecule has 5 nitrogen and oxygen atoms in total. The van der Waals surface area contributed by atoms with E-state index in [4.69, 9.17) is 5.84 Å². The van der Waals surface area contributed by atoms with Gasteiger partial charge in [0.15, 0.2) is 11.6 Å². The maximum atomic E-state index is 5.47. The van der Waals surface area contributed by atoms with Crippen molar-refractivity contribution >= 4 is 27.4 Å². The van der Waals surface area contributed by atoms with Crippen LogP contribution in [0, 0.1) is 0 Å². The molecule has 0 aromatic carbocycles. The van der Waals surface area contributed by atoms with Gasteiger partial charge in [0, 0.05) is 18.0 Å². The average Bonchev–Trinajstić information content (AvgIpc) is 2.86. The van der Waals surface area contributed by atoms with Gasteiger partial charge in [0.2, 0.25) is 0 Å². The number of hydrogen-bond acceptors (Lipinski definition) is 6. The van der Waals surface area contributed by atoms with Crippen LogP contribution < -0.4 is 11.3 Å². The van der Waals surface area contributed by atoms with Gasteiger partial charge in [-0.05, 0) is 23.6 Å². The smallest absolute Gasteiger partial charge is 0.163 e. The van der Waals surface area contributed by atoms with Crippen molar-refractivity contribution in [3.63, 3.8) is 0 Å². The number of hydrazine groups is 1. The summed E-state index contributed by atoms with van der Waals surface area (Å²) in [6, 6.07) is 5.69. The first-order valence-corrected chi connectivity index (χ1v) is 5.89. The normalized spacial score (nSPS) is 10.6. The molecule has 3 heterocycles. The van der Waals surface area contributed by atoms with E-state index in [1.807, 2.05) is 23.6 Å². The van der Waals surface area contributed by atoms with Crippen LogP contribution in [-0.4, -0.2) is 15.0 Å². The van der Waals surface area contributed by atoms with Crippen LogP contribution in [0.25, 0.3) is 21.6 Å². The van der Waals surface area contributed by atoms with Crippen LogP contribution in [0.3, 0.4) is 0 Å². The Hall–Kier alpha value is -2.05. The van der Waals surface area contributed by atoms with Crippen molar-refractivity contribution in [1.29, 1.82) is 0 Å². The monoisotopic (exact) mass is 243 g/mol. The third-order valence-electron chi connectivity index (χ3n) is 2.40. The van der Waals surface area contributed by atoms with Crippen molar-refractivity contribution in [2.75, 3.05) is 5.43 Å². The second-order valence-corrected chi connectivity index (χ2v) is 4.31. The molecule has 0 spiro atoms. The standard InChI is InChI=1S/C11H9N5S/c12-16-10-8-3-6-17-11(8)15-9(14-10)7-1-4-13-5-2-7/h1-6H,12H2,(H,14,15,16). The molecule has 3 N–H and O–H groups in total. The van der Waals surface area contributed by atoms with Crippen molar-refractivity contribution in [2.45, 2.75) is 0 Å². The first-order valence-electron chi connectivity index (χ1n) is 5.01. The van der Waals surface area contributed by atoms with Gasteiger partial charge in [-0.15, -0.1) is 11.3 Å². The molecule has 0 atom stereocenters. The molecule has 0 aliphatic carbocycles. The van der Waals surface area contributed by atoms with Crippen LogP contribution in [-0.2, 0) is 0 Å². The highest BCUT2D eigenvalue weighted by Gasteiger charge is 2.09. The zero-order valence-electron chi connectivity index (χ0n) is 8.79. The van der Waals surface area contributed by atoms with E-state index in [1.165, 1.54) is 0 Å². The molecule has 0 aliphatic rings. The lowest BCUT2D eigenvalue weighted by atomic mass is 10.2. The highest BCUT2D eigenvalue weighted by atomic mass is 32.1. The van der Waals surface area contributed by atoms with Crippen molar-refractivity contribution in [1.82, 2.24) is 15.0 Å². The van der Waals surface area contributed by atoms with Crippen molar-refractivity contribution in [2.24, 2.45) is 5.84 Å². The number of nitrogens with two attached hydrogens (primary N) is 1. The van der Waals surface area contributed by atoms with Gasteiger partial charge in [-0.1, -0.05) is 0 Å². The van der Waals surface area contributed by atoms with Gasteiger partial charge in [0.05, 0.1) is 5.39 Å². The fraction of sp³-hybridized carbons (Fsp3) is 0. The van der Waals surface area contributed by atoms with Gasteiger partial charge >= 0.3 is 0 Å². The Bertz CT molecular complexity index is 649. The molecule has 0 radical (unpaired) electrons. The van der Waals surface area contributed by atoms with E-state index < -0.39 is 0 Å². The number of rotatable bonds is 2. The van der Waals surface area contributed by atoms with E-state index >= 15 is 0 Å². The zero-order valence-corrected chi connectivity index (χ0v) is 9.61. The van der Waals surface area contributed by atoms with Gasteiger partial charge in [0.1, 0.15) is 4.83 Å². The molecule has 3 aromatic heterocycles. The average molecular weight is 243 g/mol. The van der Waals surface area contributed by atoms with Crippen LogP contribution in [0.2, 0.25) is 0 Å². The molecule has 17 heavy (non-hydrogen) atoms. The summed E-state index contributed by atoms with van der Waals surface area (Å²) in [5.41, 5.74) is 3.53. The number of nitrogens with one attached hydrogen (secondary N) is 1. The number of nitrogen functional groups attached to an aromatic ring is 1. The van der Waals surface area contributed by atoms with Crippen molar-refractivity contribution in [3.05, 3.63) is 36.0 Å². The van der Waals surface area contributed by atoms with E-state index in [9.17, 15) is 0 Å². The summed E-state index contributed by atoms with van der Waals surface area (Å²) in [6.45, 7) is 0. The van der Waals surface area contributed by atoms with Crippen molar-refractivity contribution < 1.29 is 0 Å². The molecule has 0 amide bonds. The molecule has 3 rings (SSSR count). The van der Waals surface area contributed by atoms with E-state index in [-0.39, 0.29) is 0 Å². The Morgan fingerprint density at radius 3 is 2.71 bits per heavy atom. The summed E-state index contributed by atoms with van der Waals surface area (Å²) in [5.74, 6) is 6.76. The van der Waals surface area contributed by atoms with Crippen LogP contribution in [0.1, 0.15) is 0 Å². The van der Waals surface area contributed by atoms with E-state index in [0.29, 0.717) is 11.6 Å². The fourth-order valence-corrected chi connectivity index (χ4v) is 2.36. The van der Waals surface area contributed by atoms with Gasteiger partial charge in [-0.25, -0.2) is 15.8 Å². The molecule has 0 bridgehead atoms. The van der Waals surface area contributed by atoms with Gasteiger partial charge in [0.25, 0.3) is 0 Å². The summed E-state index contributed by atoms with van der Waals surface area (Å²) in [5, 5.41) is 2.91. The Morgan fingerprint density at radius 2 is 1.94 bits per heavy atom. The lowest BCUT2D eigenvalue weighted by Crippen LogP contribution is -2.09. The molecule has 0 saturated heterocycles. The third kappa shape index (κ3) is 1.73. The maximum absolute atomic E-state index is 5.47. The number of aromatic nitrogens is 3. The number of pyridine rings is 1. The highest BCUT2D eigenvalue weighted by Crippen LogP contribution is 2.27. The number of nitrogens with zero attached hydrogens (tertiary/aromatic N) is 3. The molecule has 6 heteroatoms. The van der Waals surface area contributed by atoms with Gasteiger partial charge in [-0.3, -0.25) is 4.98 Å². The number of hydrogen-bond donors (Lipinski definition) is 2. The summed E-state index contributed by atoms with van der Waals surface area (Å²) in [7, 11) is 0. The quantitative estimate of drug-likeness (QED) is 0.532. The minimum absolute atomic E-state index is 0.642. The first-order chi connectivity index (χ1) is 8.38. The molecule has 0 saturated carbocycles. The fourth-order valence-electron chi connectivity index (χ4n) is 1.60. The maximum Gasteiger partial charge on any atom is 0.163 e. The van der Waals surface area contributed by atoms with Crippen molar-refractivity contribution in [3.8, 4) is 11.4 Å². The van der Waals surface area contributed by atoms with E-state index in [2.05, 4.69) is 20.4 Å². The molecule has 3 aromatic rings. The summed E-state index contributed by atoms with van der Waals surface area (Å²) in [6.07, 6.45) is 3.43. The summed E-state index contributed by atoms with van der Waals surface area (Å²) in [4.78, 5) is 13.8. The molecule has 0 fully saturated rings. The molecular formula is C11H9N5S. The molecule has 0 aliphatic heterocycles. The highest BCUT2D eigenvalue weighted by molar-refractivity contribution is 7.16. The minimum atomic E-state index is 0.642. The molecular weight excluding hydrogens is 234 g/mol. The Morgan fingerprint density at radius 1 is 1.12 bits per heavy atom. The molecule has 84 valence electrons. The Balaban J connectivity index is 2.24. The molecule has 0 unspecified atom stereocenters. The van der Waals surface area contributed by atoms with Crippen LogP contribution >= 0.6 is 11.3 Å². The van der Waals surface area contributed by atoms with Gasteiger partial charge < -0.3 is 5.43 Å². The van der Waals surface area contributed by atoms with Crippen LogP contribution in [0.4, 0.5) is 5.82 Å². The number of anilines is 1. The predicted molar refractivity (Wildman–Crippen MR) is 68.5 cm³/mol. The largest absolute Gasteiger partial charge is 0.308 e. The lowest BCUT2D eigenvalue weighted by molar-refractivity contribution is 1.19. The predicted octanol–water partition coefficient (Wildman–Crippen LogP) is 2.04. The Kier molecular flexibility index (Phi) is 2.43. The van der Waals surface area contributed by atoms with Crippen LogP contribution in [0.15, 0.2) is 36.0 Å². The second kappa shape index (κ2) is 4.08. The zero-order chi connectivity index (χ0) is 11.7. The third-order valence-corrected chi connectivity index (χ3v) is 3.21. The van der Waals surface area contributed by atoms with Gasteiger partial charge in [-0.2, -0.15) is 0 Å². The number of fused-ring (bicyclic) bond motifs is 1. The van der Waals surface area contributed by atoms with E-state index in [0.717, 1.165) is 15.8 Å². The SMILES string of the molecule is NNc1nc(-c2ccncc2)nc2sccc12. The topological polar surface area (TPSA) is 76.7 Å².